The van der Waals surface area contributed by atoms with Gasteiger partial charge in [0.05, 0.1) is 29.3 Å². The van der Waals surface area contributed by atoms with Crippen LogP contribution in [0.5, 0.6) is 0 Å². The van der Waals surface area contributed by atoms with Gasteiger partial charge in [-0.05, 0) is 37.3 Å². The van der Waals surface area contributed by atoms with E-state index in [1.165, 1.54) is 11.8 Å². The highest BCUT2D eigenvalue weighted by Crippen LogP contribution is 2.34. The van der Waals surface area contributed by atoms with Crippen LogP contribution in [-0.2, 0) is 11.3 Å². The molecule has 0 aliphatic carbocycles. The third-order valence-electron chi connectivity index (χ3n) is 4.39. The lowest BCUT2D eigenvalue weighted by Gasteiger charge is -2.14. The third-order valence-corrected chi connectivity index (χ3v) is 5.71. The van der Waals surface area contributed by atoms with Gasteiger partial charge >= 0.3 is 0 Å². The number of thioether (sulfide) groups is 1. The summed E-state index contributed by atoms with van der Waals surface area (Å²) >= 11 is 7.45. The summed E-state index contributed by atoms with van der Waals surface area (Å²) in [5.74, 6) is 0.887. The monoisotopic (exact) mass is 443 g/mol. The summed E-state index contributed by atoms with van der Waals surface area (Å²) in [6, 6.07) is 8.72. The minimum atomic E-state index is -0.236. The molecular formula is C20H18ClN5O3S. The molecule has 3 aromatic heterocycles. The highest BCUT2D eigenvalue weighted by molar-refractivity contribution is 7.99. The van der Waals surface area contributed by atoms with Crippen molar-refractivity contribution in [2.24, 2.45) is 0 Å². The number of hydrogen-bond acceptors (Lipinski definition) is 8. The molecule has 8 nitrogen and oxygen atoms in total. The second kappa shape index (κ2) is 8.95. The molecule has 0 aliphatic heterocycles. The van der Waals surface area contributed by atoms with Gasteiger partial charge in [0.1, 0.15) is 0 Å². The summed E-state index contributed by atoms with van der Waals surface area (Å²) in [6.07, 6.45) is 3.35. The summed E-state index contributed by atoms with van der Waals surface area (Å²) in [5.41, 5.74) is 1.16. The molecule has 0 aliphatic rings. The molecule has 4 aromatic rings. The van der Waals surface area contributed by atoms with Gasteiger partial charge in [0.25, 0.3) is 5.56 Å². The van der Waals surface area contributed by atoms with E-state index in [1.807, 2.05) is 19.1 Å². The molecule has 0 N–H and O–H groups in total. The Hall–Kier alpha value is -2.75. The molecule has 1 aromatic carbocycles. The Balaban J connectivity index is 1.68. The van der Waals surface area contributed by atoms with E-state index >= 15 is 0 Å². The van der Waals surface area contributed by atoms with Crippen molar-refractivity contribution < 1.29 is 9.26 Å². The predicted molar refractivity (Wildman–Crippen MR) is 115 cm³/mol. The van der Waals surface area contributed by atoms with Crippen LogP contribution in [0.15, 0.2) is 57.2 Å². The first-order valence-electron chi connectivity index (χ1n) is 9.16. The van der Waals surface area contributed by atoms with Crippen molar-refractivity contribution in [2.75, 3.05) is 13.7 Å². The average molecular weight is 444 g/mol. The Bertz CT molecular complexity index is 1230. The first kappa shape index (κ1) is 20.5. The molecule has 0 bridgehead atoms. The van der Waals surface area contributed by atoms with Gasteiger partial charge in [0.2, 0.25) is 11.7 Å². The van der Waals surface area contributed by atoms with Gasteiger partial charge in [-0.2, -0.15) is 4.98 Å². The van der Waals surface area contributed by atoms with Crippen molar-refractivity contribution in [3.8, 4) is 11.4 Å². The Labute approximate surface area is 181 Å². The van der Waals surface area contributed by atoms with E-state index in [9.17, 15) is 4.79 Å². The molecule has 4 rings (SSSR count). The number of fused-ring (bicyclic) bond motifs is 1. The molecule has 30 heavy (non-hydrogen) atoms. The molecule has 0 radical (unpaired) electrons. The minimum absolute atomic E-state index is 0.148. The fourth-order valence-electron chi connectivity index (χ4n) is 2.86. The molecule has 154 valence electrons. The second-order valence-electron chi connectivity index (χ2n) is 6.46. The first-order chi connectivity index (χ1) is 14.6. The molecule has 0 spiro atoms. The predicted octanol–water partition coefficient (Wildman–Crippen LogP) is 3.99. The summed E-state index contributed by atoms with van der Waals surface area (Å²) < 4.78 is 12.2. The van der Waals surface area contributed by atoms with E-state index in [0.29, 0.717) is 45.9 Å². The summed E-state index contributed by atoms with van der Waals surface area (Å²) in [7, 11) is 1.59. The number of halogens is 1. The lowest BCUT2D eigenvalue weighted by Crippen LogP contribution is -2.25. The van der Waals surface area contributed by atoms with Crippen molar-refractivity contribution >= 4 is 34.3 Å². The molecule has 1 atom stereocenters. The number of ether oxygens (including phenoxy) is 1. The molecule has 0 fully saturated rings. The molecule has 0 amide bonds. The van der Waals surface area contributed by atoms with Crippen molar-refractivity contribution in [1.82, 2.24) is 24.7 Å². The molecular weight excluding hydrogens is 426 g/mol. The normalized spacial score (nSPS) is 12.4. The molecule has 3 heterocycles. The summed E-state index contributed by atoms with van der Waals surface area (Å²) in [4.78, 5) is 26.2. The van der Waals surface area contributed by atoms with Gasteiger partial charge < -0.3 is 9.26 Å². The molecule has 10 heteroatoms. The second-order valence-corrected chi connectivity index (χ2v) is 8.21. The van der Waals surface area contributed by atoms with Crippen LogP contribution in [0.4, 0.5) is 0 Å². The Morgan fingerprint density at radius 1 is 1.30 bits per heavy atom. The van der Waals surface area contributed by atoms with E-state index in [1.54, 1.807) is 42.3 Å². The van der Waals surface area contributed by atoms with Crippen molar-refractivity contribution in [3.05, 3.63) is 64.0 Å². The smallest absolute Gasteiger partial charge is 0.262 e. The van der Waals surface area contributed by atoms with Gasteiger partial charge in [-0.1, -0.05) is 28.5 Å². The van der Waals surface area contributed by atoms with E-state index in [-0.39, 0.29) is 10.8 Å². The van der Waals surface area contributed by atoms with Gasteiger partial charge in [0.15, 0.2) is 5.16 Å². The fraction of sp³-hybridized carbons (Fsp3) is 0.250. The fourth-order valence-corrected chi connectivity index (χ4v) is 4.00. The van der Waals surface area contributed by atoms with Crippen LogP contribution in [-0.4, -0.2) is 38.4 Å². The zero-order chi connectivity index (χ0) is 21.1. The van der Waals surface area contributed by atoms with E-state index < -0.39 is 0 Å². The topological polar surface area (TPSA) is 95.9 Å². The van der Waals surface area contributed by atoms with E-state index in [4.69, 9.17) is 20.9 Å². The van der Waals surface area contributed by atoms with Crippen LogP contribution in [0.25, 0.3) is 22.3 Å². The summed E-state index contributed by atoms with van der Waals surface area (Å²) in [5, 5.41) is 5.35. The molecule has 0 saturated heterocycles. The van der Waals surface area contributed by atoms with E-state index in [0.717, 1.165) is 5.56 Å². The zero-order valence-electron chi connectivity index (χ0n) is 16.3. The van der Waals surface area contributed by atoms with Crippen molar-refractivity contribution in [3.63, 3.8) is 0 Å². The average Bonchev–Trinajstić information content (AvgIpc) is 3.24. The first-order valence-corrected chi connectivity index (χ1v) is 10.4. The van der Waals surface area contributed by atoms with Gasteiger partial charge in [-0.25, -0.2) is 4.98 Å². The Morgan fingerprint density at radius 2 is 2.17 bits per heavy atom. The quantitative estimate of drug-likeness (QED) is 0.312. The van der Waals surface area contributed by atoms with Crippen LogP contribution < -0.4 is 5.56 Å². The Kier molecular flexibility index (Phi) is 6.12. The molecule has 0 saturated carbocycles. The number of nitrogens with zero attached hydrogens (tertiary/aromatic N) is 5. The number of methoxy groups -OCH3 is 1. The lowest BCUT2D eigenvalue weighted by molar-refractivity contribution is 0.183. The van der Waals surface area contributed by atoms with Crippen LogP contribution in [0.3, 0.4) is 0 Å². The number of aromatic nitrogens is 5. The van der Waals surface area contributed by atoms with Crippen molar-refractivity contribution in [2.45, 2.75) is 23.9 Å². The minimum Gasteiger partial charge on any atom is -0.383 e. The van der Waals surface area contributed by atoms with Gasteiger partial charge in [-0.15, -0.1) is 0 Å². The van der Waals surface area contributed by atoms with Gasteiger partial charge in [-0.3, -0.25) is 14.3 Å². The maximum absolute atomic E-state index is 13.0. The highest BCUT2D eigenvalue weighted by Gasteiger charge is 2.20. The SMILES string of the molecule is COCCn1c(S[C@H](C)c2nc(-c3cccnc3)no2)nc2cc(Cl)ccc2c1=O. The maximum atomic E-state index is 13.0. The van der Waals surface area contributed by atoms with Crippen LogP contribution in [0.2, 0.25) is 5.02 Å². The van der Waals surface area contributed by atoms with Crippen LogP contribution >= 0.6 is 23.4 Å². The number of rotatable bonds is 7. The van der Waals surface area contributed by atoms with E-state index in [2.05, 4.69) is 20.1 Å². The van der Waals surface area contributed by atoms with Crippen LogP contribution in [0, 0.1) is 0 Å². The Morgan fingerprint density at radius 3 is 2.93 bits per heavy atom. The number of benzene rings is 1. The van der Waals surface area contributed by atoms with Crippen LogP contribution in [0.1, 0.15) is 18.1 Å². The largest absolute Gasteiger partial charge is 0.383 e. The van der Waals surface area contributed by atoms with Crippen molar-refractivity contribution in [1.29, 1.82) is 0 Å². The third kappa shape index (κ3) is 4.23. The lowest BCUT2D eigenvalue weighted by atomic mass is 10.2. The highest BCUT2D eigenvalue weighted by atomic mass is 35.5. The van der Waals surface area contributed by atoms with Gasteiger partial charge in [0, 0.05) is 30.1 Å². The molecule has 0 unspecified atom stereocenters. The standard InChI is InChI=1S/C20H18ClN5O3S/c1-12(18-24-17(25-29-18)13-4-3-7-22-11-13)30-20-23-16-10-14(21)5-6-15(16)19(27)26(20)8-9-28-2/h3-7,10-12H,8-9H2,1-2H3/t12-/m1/s1. The number of hydrogen-bond donors (Lipinski definition) is 0. The zero-order valence-corrected chi connectivity index (χ0v) is 17.9. The number of pyridine rings is 1. The summed E-state index contributed by atoms with van der Waals surface area (Å²) in [6.45, 7) is 2.68. The maximum Gasteiger partial charge on any atom is 0.262 e.